The lowest BCUT2D eigenvalue weighted by Gasteiger charge is -2.08. The van der Waals surface area contributed by atoms with E-state index in [9.17, 15) is 9.18 Å². The maximum Gasteiger partial charge on any atom is 0.229 e. The third-order valence-electron chi connectivity index (χ3n) is 3.98. The molecule has 128 valence electrons. The van der Waals surface area contributed by atoms with Crippen LogP contribution >= 0.6 is 15.9 Å². The largest absolute Gasteiger partial charge is 0.323 e. The number of nitrogens with one attached hydrogen (secondary N) is 1. The van der Waals surface area contributed by atoms with Gasteiger partial charge in [0.15, 0.2) is 0 Å². The number of hydrogen-bond acceptors (Lipinski definition) is 2. The van der Waals surface area contributed by atoms with E-state index in [1.54, 1.807) is 6.07 Å². The number of halogens is 2. The number of aromatic nitrogens is 2. The molecular weight excluding hydrogens is 385 g/mol. The number of amides is 1. The van der Waals surface area contributed by atoms with Gasteiger partial charge in [-0.3, -0.25) is 4.79 Å². The van der Waals surface area contributed by atoms with Gasteiger partial charge in [0.2, 0.25) is 5.91 Å². The molecule has 1 amide bonds. The van der Waals surface area contributed by atoms with E-state index >= 15 is 0 Å². The van der Waals surface area contributed by atoms with Gasteiger partial charge in [0.1, 0.15) is 5.82 Å². The number of carbonyl (C=O) groups excluding carboxylic acids is 1. The Bertz CT molecular complexity index is 922. The third-order valence-corrected chi connectivity index (χ3v) is 4.48. The second kappa shape index (κ2) is 7.19. The number of nitrogens with zero attached hydrogens (tertiary/aromatic N) is 2. The average molecular weight is 402 g/mol. The van der Waals surface area contributed by atoms with E-state index in [1.807, 2.05) is 48.9 Å². The maximum absolute atomic E-state index is 13.9. The zero-order valence-electron chi connectivity index (χ0n) is 13.9. The Morgan fingerprint density at radius 3 is 2.60 bits per heavy atom. The zero-order chi connectivity index (χ0) is 18.0. The van der Waals surface area contributed by atoms with E-state index in [1.165, 1.54) is 12.1 Å². The SMILES string of the molecule is Cc1nn(-c2ccccc2)c(C)c1CC(=O)Nc1ccc(Br)cc1F. The van der Waals surface area contributed by atoms with Gasteiger partial charge in [0.25, 0.3) is 0 Å². The molecule has 0 spiro atoms. The topological polar surface area (TPSA) is 46.9 Å². The van der Waals surface area contributed by atoms with E-state index in [0.29, 0.717) is 4.47 Å². The van der Waals surface area contributed by atoms with Crippen molar-refractivity contribution in [1.82, 2.24) is 9.78 Å². The Morgan fingerprint density at radius 2 is 1.92 bits per heavy atom. The molecule has 3 rings (SSSR count). The normalized spacial score (nSPS) is 10.7. The van der Waals surface area contributed by atoms with Crippen molar-refractivity contribution in [2.75, 3.05) is 5.32 Å². The van der Waals surface area contributed by atoms with Gasteiger partial charge in [-0.15, -0.1) is 0 Å². The molecule has 0 aliphatic carbocycles. The number of hydrogen-bond donors (Lipinski definition) is 1. The Labute approximate surface area is 153 Å². The fourth-order valence-electron chi connectivity index (χ4n) is 2.70. The Morgan fingerprint density at radius 1 is 1.20 bits per heavy atom. The summed E-state index contributed by atoms with van der Waals surface area (Å²) in [6, 6.07) is 14.3. The molecular formula is C19H17BrFN3O. The first kappa shape index (κ1) is 17.4. The van der Waals surface area contributed by atoms with Crippen LogP contribution in [0.2, 0.25) is 0 Å². The highest BCUT2D eigenvalue weighted by Gasteiger charge is 2.16. The van der Waals surface area contributed by atoms with E-state index in [-0.39, 0.29) is 18.0 Å². The van der Waals surface area contributed by atoms with Crippen molar-refractivity contribution in [2.45, 2.75) is 20.3 Å². The van der Waals surface area contributed by atoms with Crippen LogP contribution in [-0.4, -0.2) is 15.7 Å². The minimum atomic E-state index is -0.476. The summed E-state index contributed by atoms with van der Waals surface area (Å²) >= 11 is 3.20. The fraction of sp³-hybridized carbons (Fsp3) is 0.158. The van der Waals surface area contributed by atoms with Crippen LogP contribution in [0.4, 0.5) is 10.1 Å². The molecule has 0 radical (unpaired) electrons. The van der Waals surface area contributed by atoms with Gasteiger partial charge in [-0.25, -0.2) is 9.07 Å². The van der Waals surface area contributed by atoms with Crippen molar-refractivity contribution < 1.29 is 9.18 Å². The third kappa shape index (κ3) is 3.79. The van der Waals surface area contributed by atoms with Gasteiger partial charge in [0.05, 0.1) is 23.5 Å². The Hall–Kier alpha value is -2.47. The zero-order valence-corrected chi connectivity index (χ0v) is 15.5. The molecule has 6 heteroatoms. The standard InChI is InChI=1S/C19H17BrFN3O/c1-12-16(13(2)24(23-12)15-6-4-3-5-7-15)11-19(25)22-18-9-8-14(20)10-17(18)21/h3-10H,11H2,1-2H3,(H,22,25). The van der Waals surface area contributed by atoms with E-state index < -0.39 is 5.82 Å². The van der Waals surface area contributed by atoms with Crippen LogP contribution in [-0.2, 0) is 11.2 Å². The van der Waals surface area contributed by atoms with Gasteiger partial charge < -0.3 is 5.32 Å². The summed E-state index contributed by atoms with van der Waals surface area (Å²) in [5, 5.41) is 7.14. The molecule has 0 aliphatic heterocycles. The summed E-state index contributed by atoms with van der Waals surface area (Å²) in [4.78, 5) is 12.3. The molecule has 0 bridgehead atoms. The molecule has 0 aliphatic rings. The first-order valence-corrected chi connectivity index (χ1v) is 8.60. The summed E-state index contributed by atoms with van der Waals surface area (Å²) < 4.78 is 16.3. The minimum Gasteiger partial charge on any atom is -0.323 e. The summed E-state index contributed by atoms with van der Waals surface area (Å²) in [6.45, 7) is 3.80. The van der Waals surface area contributed by atoms with Crippen molar-refractivity contribution in [2.24, 2.45) is 0 Å². The second-order valence-corrected chi connectivity index (χ2v) is 6.66. The number of carbonyl (C=O) groups is 1. The van der Waals surface area contributed by atoms with Gasteiger partial charge in [-0.1, -0.05) is 34.1 Å². The highest BCUT2D eigenvalue weighted by Crippen LogP contribution is 2.21. The van der Waals surface area contributed by atoms with Crippen LogP contribution in [0, 0.1) is 19.7 Å². The number of benzene rings is 2. The first-order valence-electron chi connectivity index (χ1n) is 7.81. The fourth-order valence-corrected chi connectivity index (χ4v) is 3.03. The van der Waals surface area contributed by atoms with Crippen molar-refractivity contribution in [1.29, 1.82) is 0 Å². The predicted molar refractivity (Wildman–Crippen MR) is 99.5 cm³/mol. The van der Waals surface area contributed by atoms with Crippen molar-refractivity contribution in [3.63, 3.8) is 0 Å². The summed E-state index contributed by atoms with van der Waals surface area (Å²) in [5.41, 5.74) is 3.63. The Kier molecular flexibility index (Phi) is 4.99. The molecule has 0 fully saturated rings. The van der Waals surface area contributed by atoms with Crippen molar-refractivity contribution in [3.8, 4) is 5.69 Å². The molecule has 2 aromatic carbocycles. The van der Waals surface area contributed by atoms with E-state index in [2.05, 4.69) is 26.3 Å². The van der Waals surface area contributed by atoms with Crippen LogP contribution < -0.4 is 5.32 Å². The van der Waals surface area contributed by atoms with Crippen LogP contribution in [0.5, 0.6) is 0 Å². The highest BCUT2D eigenvalue weighted by molar-refractivity contribution is 9.10. The lowest BCUT2D eigenvalue weighted by atomic mass is 10.1. The lowest BCUT2D eigenvalue weighted by Crippen LogP contribution is -2.16. The summed E-state index contributed by atoms with van der Waals surface area (Å²) in [7, 11) is 0. The van der Waals surface area contributed by atoms with Gasteiger partial charge in [-0.05, 0) is 44.2 Å². The molecule has 4 nitrogen and oxygen atoms in total. The quantitative estimate of drug-likeness (QED) is 0.695. The lowest BCUT2D eigenvalue weighted by molar-refractivity contribution is -0.115. The molecule has 0 atom stereocenters. The van der Waals surface area contributed by atoms with Crippen molar-refractivity contribution in [3.05, 3.63) is 75.8 Å². The molecule has 1 heterocycles. The number of aryl methyl sites for hydroxylation is 1. The number of para-hydroxylation sites is 1. The summed E-state index contributed by atoms with van der Waals surface area (Å²) in [5.74, 6) is -0.754. The number of anilines is 1. The van der Waals surface area contributed by atoms with Crippen LogP contribution in [0.15, 0.2) is 53.0 Å². The van der Waals surface area contributed by atoms with Crippen LogP contribution in [0.25, 0.3) is 5.69 Å². The highest BCUT2D eigenvalue weighted by atomic mass is 79.9. The molecule has 1 aromatic heterocycles. The number of rotatable bonds is 4. The van der Waals surface area contributed by atoms with Gasteiger partial charge in [0, 0.05) is 15.7 Å². The smallest absolute Gasteiger partial charge is 0.229 e. The molecule has 0 saturated heterocycles. The molecule has 3 aromatic rings. The molecule has 0 unspecified atom stereocenters. The molecule has 0 saturated carbocycles. The second-order valence-electron chi connectivity index (χ2n) is 5.75. The van der Waals surface area contributed by atoms with Crippen LogP contribution in [0.1, 0.15) is 17.0 Å². The van der Waals surface area contributed by atoms with E-state index in [0.717, 1.165) is 22.6 Å². The maximum atomic E-state index is 13.9. The van der Waals surface area contributed by atoms with E-state index in [4.69, 9.17) is 0 Å². The summed E-state index contributed by atoms with van der Waals surface area (Å²) in [6.07, 6.45) is 0.139. The predicted octanol–water partition coefficient (Wildman–Crippen LogP) is 4.57. The molecule has 1 N–H and O–H groups in total. The van der Waals surface area contributed by atoms with Crippen LogP contribution in [0.3, 0.4) is 0 Å². The van der Waals surface area contributed by atoms with Gasteiger partial charge >= 0.3 is 0 Å². The monoisotopic (exact) mass is 401 g/mol. The average Bonchev–Trinajstić information content (AvgIpc) is 2.86. The van der Waals surface area contributed by atoms with Crippen molar-refractivity contribution >= 4 is 27.5 Å². The Balaban J connectivity index is 1.81. The molecule has 25 heavy (non-hydrogen) atoms. The first-order chi connectivity index (χ1) is 12.0. The minimum absolute atomic E-state index is 0.139. The van der Waals surface area contributed by atoms with Gasteiger partial charge in [-0.2, -0.15) is 5.10 Å².